The molecule has 1 aromatic heterocycles. The fraction of sp³-hybridized carbons (Fsp3) is 0.500. The normalized spacial score (nSPS) is 15.9. The summed E-state index contributed by atoms with van der Waals surface area (Å²) in [5.74, 6) is 0.690. The number of benzene rings is 1. The van der Waals surface area contributed by atoms with Crippen LogP contribution < -0.4 is 5.32 Å². The summed E-state index contributed by atoms with van der Waals surface area (Å²) in [6.07, 6.45) is 5.18. The minimum Gasteiger partial charge on any atom is -0.368 e. The lowest BCUT2D eigenvalue weighted by Crippen LogP contribution is -2.35. The van der Waals surface area contributed by atoms with E-state index in [1.54, 1.807) is 0 Å². The van der Waals surface area contributed by atoms with Crippen molar-refractivity contribution in [2.24, 2.45) is 5.92 Å². The highest BCUT2D eigenvalue weighted by atomic mass is 16.5. The number of amides is 1. The largest absolute Gasteiger partial charge is 0.368 e. The van der Waals surface area contributed by atoms with Crippen LogP contribution in [0.3, 0.4) is 0 Å². The van der Waals surface area contributed by atoms with E-state index < -0.39 is 0 Å². The Morgan fingerprint density at radius 2 is 2.18 bits per heavy atom. The predicted octanol–water partition coefficient (Wildman–Crippen LogP) is 2.96. The molecule has 1 heterocycles. The zero-order chi connectivity index (χ0) is 15.4. The van der Waals surface area contributed by atoms with E-state index in [-0.39, 0.29) is 12.0 Å². The molecule has 4 heteroatoms. The van der Waals surface area contributed by atoms with E-state index >= 15 is 0 Å². The summed E-state index contributed by atoms with van der Waals surface area (Å²) >= 11 is 0. The molecule has 0 bridgehead atoms. The van der Waals surface area contributed by atoms with Crippen LogP contribution in [0.1, 0.15) is 26.2 Å². The molecule has 1 aromatic carbocycles. The molecule has 1 unspecified atom stereocenters. The standard InChI is InChI=1S/C18H24N2O2/c1-14(22-13-15-7-8-15)18(21)19-10-4-11-20-12-9-16-5-2-3-6-17(16)20/h2-3,5-6,9,12,14-15H,4,7-8,10-11,13H2,1H3,(H,19,21). The van der Waals surface area contributed by atoms with Crippen molar-refractivity contribution in [3.8, 4) is 0 Å². The maximum Gasteiger partial charge on any atom is 0.248 e. The quantitative estimate of drug-likeness (QED) is 0.762. The Bertz CT molecular complexity index is 631. The van der Waals surface area contributed by atoms with Crippen LogP contribution in [0.15, 0.2) is 36.5 Å². The van der Waals surface area contributed by atoms with Gasteiger partial charge in [-0.2, -0.15) is 0 Å². The van der Waals surface area contributed by atoms with Crippen LogP contribution in [-0.2, 0) is 16.1 Å². The molecule has 1 fully saturated rings. The Morgan fingerprint density at radius 1 is 1.36 bits per heavy atom. The minimum absolute atomic E-state index is 0.00184. The zero-order valence-corrected chi connectivity index (χ0v) is 13.1. The molecule has 22 heavy (non-hydrogen) atoms. The molecule has 1 amide bonds. The van der Waals surface area contributed by atoms with Gasteiger partial charge in [0.05, 0.1) is 6.61 Å². The van der Waals surface area contributed by atoms with Gasteiger partial charge in [-0.1, -0.05) is 18.2 Å². The first kappa shape index (κ1) is 15.1. The topological polar surface area (TPSA) is 43.3 Å². The zero-order valence-electron chi connectivity index (χ0n) is 13.1. The molecule has 4 nitrogen and oxygen atoms in total. The molecule has 1 aliphatic carbocycles. The third kappa shape index (κ3) is 3.89. The summed E-state index contributed by atoms with van der Waals surface area (Å²) in [6, 6.07) is 10.5. The van der Waals surface area contributed by atoms with Gasteiger partial charge in [-0.15, -0.1) is 0 Å². The van der Waals surface area contributed by atoms with Crippen molar-refractivity contribution >= 4 is 16.8 Å². The second kappa shape index (κ2) is 6.97. The van der Waals surface area contributed by atoms with Crippen molar-refractivity contribution in [3.63, 3.8) is 0 Å². The van der Waals surface area contributed by atoms with Crippen molar-refractivity contribution < 1.29 is 9.53 Å². The number of nitrogens with one attached hydrogen (secondary N) is 1. The highest BCUT2D eigenvalue weighted by molar-refractivity contribution is 5.80. The third-order valence-corrected chi connectivity index (χ3v) is 4.20. The Morgan fingerprint density at radius 3 is 3.00 bits per heavy atom. The fourth-order valence-corrected chi connectivity index (χ4v) is 2.58. The molecule has 1 atom stereocenters. The van der Waals surface area contributed by atoms with Gasteiger partial charge in [0, 0.05) is 24.8 Å². The number of ether oxygens (including phenoxy) is 1. The maximum atomic E-state index is 11.9. The van der Waals surface area contributed by atoms with Gasteiger partial charge in [-0.3, -0.25) is 4.79 Å². The average Bonchev–Trinajstić information content (AvgIpc) is 3.28. The second-order valence-corrected chi connectivity index (χ2v) is 6.13. The number of para-hydroxylation sites is 1. The van der Waals surface area contributed by atoms with Gasteiger partial charge in [0.15, 0.2) is 0 Å². The number of rotatable bonds is 8. The van der Waals surface area contributed by atoms with Crippen LogP contribution in [0.4, 0.5) is 0 Å². The highest BCUT2D eigenvalue weighted by Crippen LogP contribution is 2.29. The van der Waals surface area contributed by atoms with Crippen molar-refractivity contribution in [2.75, 3.05) is 13.2 Å². The van der Waals surface area contributed by atoms with Crippen LogP contribution >= 0.6 is 0 Å². The number of aryl methyl sites for hydroxylation is 1. The number of hydrogen-bond acceptors (Lipinski definition) is 2. The molecule has 0 radical (unpaired) electrons. The van der Waals surface area contributed by atoms with Gasteiger partial charge in [-0.05, 0) is 49.6 Å². The molecule has 1 N–H and O–H groups in total. The molecule has 0 spiro atoms. The van der Waals surface area contributed by atoms with Crippen LogP contribution in [0.2, 0.25) is 0 Å². The second-order valence-electron chi connectivity index (χ2n) is 6.13. The molecule has 1 saturated carbocycles. The van der Waals surface area contributed by atoms with Gasteiger partial charge < -0.3 is 14.6 Å². The van der Waals surface area contributed by atoms with Crippen LogP contribution in [0, 0.1) is 5.92 Å². The highest BCUT2D eigenvalue weighted by Gasteiger charge is 2.23. The van der Waals surface area contributed by atoms with Gasteiger partial charge in [0.2, 0.25) is 5.91 Å². The fourth-order valence-electron chi connectivity index (χ4n) is 2.58. The Kier molecular flexibility index (Phi) is 4.78. The van der Waals surface area contributed by atoms with Gasteiger partial charge in [-0.25, -0.2) is 0 Å². The Balaban J connectivity index is 1.38. The molecule has 3 rings (SSSR count). The first-order valence-electron chi connectivity index (χ1n) is 8.17. The lowest BCUT2D eigenvalue weighted by molar-refractivity contribution is -0.132. The number of carbonyl (C=O) groups excluding carboxylic acids is 1. The first-order valence-corrected chi connectivity index (χ1v) is 8.17. The van der Waals surface area contributed by atoms with Gasteiger partial charge in [0.1, 0.15) is 6.10 Å². The van der Waals surface area contributed by atoms with E-state index in [4.69, 9.17) is 4.74 Å². The number of carbonyl (C=O) groups is 1. The monoisotopic (exact) mass is 300 g/mol. The van der Waals surface area contributed by atoms with E-state index in [0.29, 0.717) is 12.5 Å². The van der Waals surface area contributed by atoms with Gasteiger partial charge in [0.25, 0.3) is 0 Å². The first-order chi connectivity index (χ1) is 10.7. The molecule has 2 aromatic rings. The third-order valence-electron chi connectivity index (χ3n) is 4.20. The van der Waals surface area contributed by atoms with E-state index in [1.165, 1.54) is 23.7 Å². The molecule has 0 saturated heterocycles. The SMILES string of the molecule is CC(OCC1CC1)C(=O)NCCCn1ccc2ccccc21. The lowest BCUT2D eigenvalue weighted by atomic mass is 10.2. The summed E-state index contributed by atoms with van der Waals surface area (Å²) < 4.78 is 7.80. The minimum atomic E-state index is -0.340. The number of nitrogens with zero attached hydrogens (tertiary/aromatic N) is 1. The summed E-state index contributed by atoms with van der Waals surface area (Å²) in [4.78, 5) is 11.9. The average molecular weight is 300 g/mol. The molecular weight excluding hydrogens is 276 g/mol. The maximum absolute atomic E-state index is 11.9. The van der Waals surface area contributed by atoms with E-state index in [9.17, 15) is 4.79 Å². The van der Waals surface area contributed by atoms with Crippen LogP contribution in [0.25, 0.3) is 10.9 Å². The Labute approximate surface area is 131 Å². The summed E-state index contributed by atoms with van der Waals surface area (Å²) in [7, 11) is 0. The van der Waals surface area contributed by atoms with Crippen LogP contribution in [-0.4, -0.2) is 29.7 Å². The summed E-state index contributed by atoms with van der Waals surface area (Å²) in [5.41, 5.74) is 1.25. The summed E-state index contributed by atoms with van der Waals surface area (Å²) in [5, 5.41) is 4.22. The smallest absolute Gasteiger partial charge is 0.248 e. The van der Waals surface area contributed by atoms with Crippen molar-refractivity contribution in [2.45, 2.75) is 38.8 Å². The van der Waals surface area contributed by atoms with Crippen molar-refractivity contribution in [1.82, 2.24) is 9.88 Å². The number of hydrogen-bond donors (Lipinski definition) is 1. The van der Waals surface area contributed by atoms with E-state index in [1.807, 2.05) is 6.92 Å². The molecule has 1 aliphatic rings. The summed E-state index contributed by atoms with van der Waals surface area (Å²) in [6.45, 7) is 4.15. The van der Waals surface area contributed by atoms with Crippen LogP contribution in [0.5, 0.6) is 0 Å². The Hall–Kier alpha value is -1.81. The van der Waals surface area contributed by atoms with Crippen molar-refractivity contribution in [3.05, 3.63) is 36.5 Å². The lowest BCUT2D eigenvalue weighted by Gasteiger charge is -2.13. The van der Waals surface area contributed by atoms with Crippen molar-refractivity contribution in [1.29, 1.82) is 0 Å². The number of fused-ring (bicyclic) bond motifs is 1. The van der Waals surface area contributed by atoms with E-state index in [2.05, 4.69) is 46.4 Å². The molecular formula is C18H24N2O2. The number of aromatic nitrogens is 1. The van der Waals surface area contributed by atoms with Gasteiger partial charge >= 0.3 is 0 Å². The molecule has 118 valence electrons. The van der Waals surface area contributed by atoms with E-state index in [0.717, 1.165) is 19.6 Å². The molecule has 0 aliphatic heterocycles. The predicted molar refractivity (Wildman–Crippen MR) is 87.7 cm³/mol.